The summed E-state index contributed by atoms with van der Waals surface area (Å²) in [4.78, 5) is 8.14. The van der Waals surface area contributed by atoms with Crippen molar-refractivity contribution in [3.8, 4) is 5.88 Å². The predicted molar refractivity (Wildman–Crippen MR) is 51.5 cm³/mol. The van der Waals surface area contributed by atoms with E-state index in [1.54, 1.807) is 6.20 Å². The van der Waals surface area contributed by atoms with Gasteiger partial charge in [-0.15, -0.1) is 0 Å². The molecule has 0 aromatic carbocycles. The fourth-order valence-electron chi connectivity index (χ4n) is 0.779. The fourth-order valence-corrected chi connectivity index (χ4v) is 0.779. The number of nitrogens with zero attached hydrogens (tertiary/aromatic N) is 2. The summed E-state index contributed by atoms with van der Waals surface area (Å²) in [5.41, 5.74) is 0.883. The molecule has 0 bridgehead atoms. The van der Waals surface area contributed by atoms with Crippen molar-refractivity contribution in [3.63, 3.8) is 0 Å². The van der Waals surface area contributed by atoms with Crippen molar-refractivity contribution in [3.05, 3.63) is 42.6 Å². The second-order valence-electron chi connectivity index (χ2n) is 2.68. The molecule has 3 nitrogen and oxygen atoms in total. The van der Waals surface area contributed by atoms with Crippen LogP contribution in [0.3, 0.4) is 0 Å². The molecule has 0 amide bonds. The molecular formula is C10H12N2O. The van der Waals surface area contributed by atoms with E-state index in [2.05, 4.69) is 23.1 Å². The Kier molecular flexibility index (Phi) is 2.80. The van der Waals surface area contributed by atoms with E-state index in [-0.39, 0.29) is 0 Å². The van der Waals surface area contributed by atoms with Crippen LogP contribution in [0.25, 0.3) is 0 Å². The fraction of sp³-hybridized carbons (Fsp3) is 0.200. The lowest BCUT2D eigenvalue weighted by atomic mass is 10.3. The van der Waals surface area contributed by atoms with Crippen molar-refractivity contribution < 1.29 is 4.74 Å². The van der Waals surface area contributed by atoms with Crippen molar-refractivity contribution in [1.82, 2.24) is 9.97 Å². The van der Waals surface area contributed by atoms with Crippen LogP contribution >= 0.6 is 0 Å². The summed E-state index contributed by atoms with van der Waals surface area (Å²) in [6, 6.07) is 0. The van der Waals surface area contributed by atoms with E-state index < -0.39 is 0 Å². The first-order valence-electron chi connectivity index (χ1n) is 3.93. The van der Waals surface area contributed by atoms with E-state index in [4.69, 9.17) is 4.74 Å². The summed E-state index contributed by atoms with van der Waals surface area (Å²) in [6.07, 6.45) is 3.25. The van der Waals surface area contributed by atoms with Crippen molar-refractivity contribution >= 4 is 0 Å². The number of allylic oxidation sites excluding steroid dienone is 1. The van der Waals surface area contributed by atoms with Gasteiger partial charge in [0.25, 0.3) is 0 Å². The highest BCUT2D eigenvalue weighted by atomic mass is 16.5. The van der Waals surface area contributed by atoms with E-state index in [0.717, 1.165) is 5.56 Å². The summed E-state index contributed by atoms with van der Waals surface area (Å²) in [5.74, 6) is 1.70. The van der Waals surface area contributed by atoms with Crippen LogP contribution in [0, 0.1) is 13.8 Å². The van der Waals surface area contributed by atoms with Crippen LogP contribution in [0.15, 0.2) is 31.2 Å². The van der Waals surface area contributed by atoms with Crippen LogP contribution in [0.5, 0.6) is 5.88 Å². The molecule has 1 aromatic rings. The Bertz CT molecular complexity index is 345. The Hall–Kier alpha value is -1.64. The Morgan fingerprint density at radius 3 is 2.85 bits per heavy atom. The van der Waals surface area contributed by atoms with Crippen LogP contribution < -0.4 is 4.74 Å². The van der Waals surface area contributed by atoms with E-state index in [1.165, 1.54) is 6.08 Å². The highest BCUT2D eigenvalue weighted by Gasteiger charge is 2.02. The molecule has 1 rings (SSSR count). The van der Waals surface area contributed by atoms with Gasteiger partial charge in [-0.3, -0.25) is 0 Å². The number of aromatic nitrogens is 2. The number of aryl methyl sites for hydroxylation is 2. The number of ether oxygens (including phenoxy) is 1. The molecule has 0 aliphatic heterocycles. The molecule has 0 saturated carbocycles. The monoisotopic (exact) mass is 176 g/mol. The summed E-state index contributed by atoms with van der Waals surface area (Å²) in [6.45, 7) is 10.9. The second-order valence-corrected chi connectivity index (χ2v) is 2.68. The maximum Gasteiger partial charge on any atom is 0.225 e. The van der Waals surface area contributed by atoms with Gasteiger partial charge in [0.15, 0.2) is 0 Å². The number of rotatable bonds is 3. The maximum atomic E-state index is 5.31. The summed E-state index contributed by atoms with van der Waals surface area (Å²) < 4.78 is 5.31. The van der Waals surface area contributed by atoms with Gasteiger partial charge in [0, 0.05) is 11.8 Å². The molecular weight excluding hydrogens is 164 g/mol. The van der Waals surface area contributed by atoms with Crippen LogP contribution in [0.4, 0.5) is 0 Å². The smallest absolute Gasteiger partial charge is 0.225 e. The Morgan fingerprint density at radius 2 is 2.23 bits per heavy atom. The van der Waals surface area contributed by atoms with Gasteiger partial charge in [0.1, 0.15) is 11.6 Å². The third kappa shape index (κ3) is 2.40. The highest BCUT2D eigenvalue weighted by Crippen LogP contribution is 2.15. The minimum atomic E-state index is 0.487. The average molecular weight is 176 g/mol. The molecule has 13 heavy (non-hydrogen) atoms. The molecule has 0 fully saturated rings. The SMILES string of the molecule is C=CC(=C)Oc1nc(C)ncc1C. The Labute approximate surface area is 77.8 Å². The van der Waals surface area contributed by atoms with E-state index >= 15 is 0 Å². The van der Waals surface area contributed by atoms with Crippen LogP contribution in [0.1, 0.15) is 11.4 Å². The predicted octanol–water partition coefficient (Wildman–Crippen LogP) is 2.17. The van der Waals surface area contributed by atoms with Gasteiger partial charge < -0.3 is 4.74 Å². The third-order valence-electron chi connectivity index (χ3n) is 1.50. The topological polar surface area (TPSA) is 35.0 Å². The lowest BCUT2D eigenvalue weighted by molar-refractivity contribution is 0.423. The molecule has 0 aliphatic rings. The normalized spacial score (nSPS) is 9.38. The zero-order chi connectivity index (χ0) is 9.84. The first kappa shape index (κ1) is 9.45. The van der Waals surface area contributed by atoms with Crippen molar-refractivity contribution in [2.75, 3.05) is 0 Å². The average Bonchev–Trinajstić information content (AvgIpc) is 2.11. The van der Waals surface area contributed by atoms with Crippen molar-refractivity contribution in [2.24, 2.45) is 0 Å². The molecule has 0 atom stereocenters. The number of hydrogen-bond acceptors (Lipinski definition) is 3. The molecule has 1 aromatic heterocycles. The van der Waals surface area contributed by atoms with Crippen molar-refractivity contribution in [1.29, 1.82) is 0 Å². The minimum Gasteiger partial charge on any atom is -0.439 e. The second kappa shape index (κ2) is 3.85. The zero-order valence-corrected chi connectivity index (χ0v) is 7.87. The van der Waals surface area contributed by atoms with Gasteiger partial charge in [-0.25, -0.2) is 4.98 Å². The van der Waals surface area contributed by atoms with Gasteiger partial charge in [0.2, 0.25) is 5.88 Å². The lowest BCUT2D eigenvalue weighted by Crippen LogP contribution is -1.98. The molecule has 1 heterocycles. The van der Waals surface area contributed by atoms with E-state index in [9.17, 15) is 0 Å². The van der Waals surface area contributed by atoms with Crippen LogP contribution in [-0.4, -0.2) is 9.97 Å². The summed E-state index contributed by atoms with van der Waals surface area (Å²) >= 11 is 0. The van der Waals surface area contributed by atoms with Gasteiger partial charge in [0.05, 0.1) is 0 Å². The number of hydrogen-bond donors (Lipinski definition) is 0. The standard InChI is InChI=1S/C10H12N2O/c1-5-8(3)13-10-7(2)6-11-9(4)12-10/h5-6H,1,3H2,2,4H3. The Balaban J connectivity index is 2.93. The third-order valence-corrected chi connectivity index (χ3v) is 1.50. The van der Waals surface area contributed by atoms with Crippen LogP contribution in [0.2, 0.25) is 0 Å². The van der Waals surface area contributed by atoms with Crippen LogP contribution in [-0.2, 0) is 0 Å². The first-order valence-corrected chi connectivity index (χ1v) is 3.93. The largest absolute Gasteiger partial charge is 0.439 e. The first-order chi connectivity index (χ1) is 6.13. The van der Waals surface area contributed by atoms with Gasteiger partial charge >= 0.3 is 0 Å². The minimum absolute atomic E-state index is 0.487. The summed E-state index contributed by atoms with van der Waals surface area (Å²) in [5, 5.41) is 0. The quantitative estimate of drug-likeness (QED) is 0.523. The molecule has 3 heteroatoms. The molecule has 0 radical (unpaired) electrons. The molecule has 0 saturated heterocycles. The zero-order valence-electron chi connectivity index (χ0n) is 7.87. The summed E-state index contributed by atoms with van der Waals surface area (Å²) in [7, 11) is 0. The van der Waals surface area contributed by atoms with E-state index in [0.29, 0.717) is 17.5 Å². The molecule has 0 N–H and O–H groups in total. The maximum absolute atomic E-state index is 5.31. The molecule has 0 aliphatic carbocycles. The molecule has 0 spiro atoms. The van der Waals surface area contributed by atoms with Gasteiger partial charge in [-0.05, 0) is 19.9 Å². The van der Waals surface area contributed by atoms with Gasteiger partial charge in [-0.2, -0.15) is 4.98 Å². The molecule has 68 valence electrons. The van der Waals surface area contributed by atoms with Crippen molar-refractivity contribution in [2.45, 2.75) is 13.8 Å². The Morgan fingerprint density at radius 1 is 1.54 bits per heavy atom. The lowest BCUT2D eigenvalue weighted by Gasteiger charge is -2.06. The highest BCUT2D eigenvalue weighted by molar-refractivity contribution is 5.24. The van der Waals surface area contributed by atoms with Gasteiger partial charge in [-0.1, -0.05) is 13.2 Å². The molecule has 0 unspecified atom stereocenters. The van der Waals surface area contributed by atoms with E-state index in [1.807, 2.05) is 13.8 Å².